The van der Waals surface area contributed by atoms with Gasteiger partial charge in [-0.3, -0.25) is 4.57 Å². The van der Waals surface area contributed by atoms with E-state index in [1.807, 2.05) is 6.08 Å². The largest absolute Gasteiger partial charge is 0.374 e. The van der Waals surface area contributed by atoms with Gasteiger partial charge in [-0.25, -0.2) is 0 Å². The highest BCUT2D eigenvalue weighted by atomic mass is 31.2. The summed E-state index contributed by atoms with van der Waals surface area (Å²) in [5.41, 5.74) is 0. The highest BCUT2D eigenvalue weighted by molar-refractivity contribution is 7.55. The van der Waals surface area contributed by atoms with Crippen LogP contribution in [0.2, 0.25) is 0 Å². The molecule has 0 spiro atoms. The number of hydrogen-bond acceptors (Lipinski definition) is 4. The van der Waals surface area contributed by atoms with Crippen molar-refractivity contribution in [2.24, 2.45) is 0 Å². The number of allylic oxidation sites excluding steroid dienone is 1. The molecule has 0 amide bonds. The van der Waals surface area contributed by atoms with E-state index in [-0.39, 0.29) is 12.2 Å². The second-order valence-electron chi connectivity index (χ2n) is 4.98. The average molecular weight is 262 g/mol. The van der Waals surface area contributed by atoms with Crippen LogP contribution in [0.15, 0.2) is 12.2 Å². The van der Waals surface area contributed by atoms with E-state index >= 15 is 0 Å². The summed E-state index contributed by atoms with van der Waals surface area (Å²) in [4.78, 5) is 0. The minimum atomic E-state index is -3.55. The van der Waals surface area contributed by atoms with Crippen molar-refractivity contribution in [2.75, 3.05) is 0 Å². The monoisotopic (exact) mass is 262 g/mol. The average Bonchev–Trinajstić information content (AvgIpc) is 2.15. The fourth-order valence-corrected chi connectivity index (χ4v) is 4.07. The minimum absolute atomic E-state index is 0.251. The van der Waals surface area contributed by atoms with Crippen molar-refractivity contribution in [3.8, 4) is 0 Å². The zero-order valence-corrected chi connectivity index (χ0v) is 11.9. The lowest BCUT2D eigenvalue weighted by molar-refractivity contribution is 0.0624. The van der Waals surface area contributed by atoms with Gasteiger partial charge in [0.25, 0.3) is 0 Å². The fraction of sp³-hybridized carbons (Fsp3) is 0.833. The van der Waals surface area contributed by atoms with Crippen LogP contribution in [0, 0.1) is 0 Å². The molecule has 0 bridgehead atoms. The summed E-state index contributed by atoms with van der Waals surface area (Å²) in [5.74, 6) is 0. The van der Waals surface area contributed by atoms with Gasteiger partial charge in [0.05, 0.1) is 12.2 Å². The Kier molecular flexibility index (Phi) is 4.96. The van der Waals surface area contributed by atoms with Gasteiger partial charge in [-0.1, -0.05) is 6.08 Å². The second kappa shape index (κ2) is 5.66. The molecule has 0 radical (unpaired) electrons. The topological polar surface area (TPSA) is 55.8 Å². The Morgan fingerprint density at radius 1 is 1.24 bits per heavy atom. The molecular weight excluding hydrogens is 239 g/mol. The highest BCUT2D eigenvalue weighted by Crippen LogP contribution is 2.63. The molecule has 0 aromatic carbocycles. The summed E-state index contributed by atoms with van der Waals surface area (Å²) in [6.07, 6.45) is 5.01. The van der Waals surface area contributed by atoms with Crippen LogP contribution in [0.3, 0.4) is 0 Å². The predicted octanol–water partition coefficient (Wildman–Crippen LogP) is 3.46. The van der Waals surface area contributed by atoms with E-state index in [0.29, 0.717) is 6.42 Å². The van der Waals surface area contributed by atoms with Crippen LogP contribution in [-0.2, 0) is 13.6 Å². The Morgan fingerprint density at radius 3 is 2.12 bits per heavy atom. The molecule has 1 aliphatic rings. The summed E-state index contributed by atoms with van der Waals surface area (Å²) in [5, 5.41) is 9.02. The standard InChI is InChI=1S/C12H23O4P/c1-10(2)15-17(14,16-11(3)4)12(13)8-6-5-7-9-12/h6,8,10-11,13H,5,7,9H2,1-4H3. The maximum atomic E-state index is 12.8. The molecule has 1 atom stereocenters. The predicted molar refractivity (Wildman–Crippen MR) is 68.0 cm³/mol. The summed E-state index contributed by atoms with van der Waals surface area (Å²) >= 11 is 0. The van der Waals surface area contributed by atoms with Gasteiger partial charge in [-0.15, -0.1) is 0 Å². The molecular formula is C12H23O4P. The molecule has 0 heterocycles. The highest BCUT2D eigenvalue weighted by Gasteiger charge is 2.49. The van der Waals surface area contributed by atoms with Gasteiger partial charge in [-0.2, -0.15) is 0 Å². The molecule has 0 aliphatic heterocycles. The van der Waals surface area contributed by atoms with Crippen molar-refractivity contribution in [3.63, 3.8) is 0 Å². The third-order valence-corrected chi connectivity index (χ3v) is 5.19. The summed E-state index contributed by atoms with van der Waals surface area (Å²) in [7, 11) is -3.55. The van der Waals surface area contributed by atoms with E-state index in [1.165, 1.54) is 0 Å². The van der Waals surface area contributed by atoms with Crippen molar-refractivity contribution < 1.29 is 18.7 Å². The molecule has 1 unspecified atom stereocenters. The Balaban J connectivity index is 2.99. The van der Waals surface area contributed by atoms with Gasteiger partial charge in [-0.05, 0) is 53.0 Å². The third-order valence-electron chi connectivity index (χ3n) is 2.47. The lowest BCUT2D eigenvalue weighted by Crippen LogP contribution is -2.32. The van der Waals surface area contributed by atoms with Gasteiger partial charge in [0, 0.05) is 0 Å². The summed E-state index contributed by atoms with van der Waals surface area (Å²) in [6, 6.07) is 0. The molecule has 1 aliphatic carbocycles. The van der Waals surface area contributed by atoms with Crippen LogP contribution in [0.25, 0.3) is 0 Å². The Bertz CT molecular complexity index is 310. The maximum Gasteiger partial charge on any atom is 0.366 e. The van der Waals surface area contributed by atoms with Crippen molar-refractivity contribution in [1.82, 2.24) is 0 Å². The first-order chi connectivity index (χ1) is 7.79. The fourth-order valence-electron chi connectivity index (χ4n) is 1.83. The van der Waals surface area contributed by atoms with E-state index in [1.54, 1.807) is 33.8 Å². The molecule has 0 fully saturated rings. The normalized spacial score (nSPS) is 25.8. The van der Waals surface area contributed by atoms with Crippen molar-refractivity contribution in [1.29, 1.82) is 0 Å². The lowest BCUT2D eigenvalue weighted by Gasteiger charge is -2.36. The van der Waals surface area contributed by atoms with Gasteiger partial charge in [0.1, 0.15) is 0 Å². The molecule has 4 nitrogen and oxygen atoms in total. The number of rotatable bonds is 5. The summed E-state index contributed by atoms with van der Waals surface area (Å²) < 4.78 is 23.6. The van der Waals surface area contributed by atoms with Crippen LogP contribution in [0.4, 0.5) is 0 Å². The van der Waals surface area contributed by atoms with Crippen molar-refractivity contribution in [3.05, 3.63) is 12.2 Å². The molecule has 17 heavy (non-hydrogen) atoms. The molecule has 1 rings (SSSR count). The minimum Gasteiger partial charge on any atom is -0.374 e. The smallest absolute Gasteiger partial charge is 0.366 e. The number of aliphatic hydroxyl groups is 1. The maximum absolute atomic E-state index is 12.8. The van der Waals surface area contributed by atoms with Crippen molar-refractivity contribution in [2.45, 2.75) is 64.5 Å². The van der Waals surface area contributed by atoms with E-state index in [0.717, 1.165) is 12.8 Å². The molecule has 0 aromatic heterocycles. The van der Waals surface area contributed by atoms with Gasteiger partial charge < -0.3 is 14.2 Å². The first-order valence-electron chi connectivity index (χ1n) is 6.16. The molecule has 0 saturated heterocycles. The van der Waals surface area contributed by atoms with E-state index < -0.39 is 12.9 Å². The lowest BCUT2D eigenvalue weighted by atomic mass is 10.1. The molecule has 1 N–H and O–H groups in total. The molecule has 100 valence electrons. The van der Waals surface area contributed by atoms with Gasteiger partial charge in [0.2, 0.25) is 0 Å². The SMILES string of the molecule is CC(C)OP(=O)(OC(C)C)C1(O)C=CCCC1. The van der Waals surface area contributed by atoms with E-state index in [9.17, 15) is 9.67 Å². The van der Waals surface area contributed by atoms with E-state index in [2.05, 4.69) is 0 Å². The molecule has 0 aromatic rings. The Morgan fingerprint density at radius 2 is 1.76 bits per heavy atom. The van der Waals surface area contributed by atoms with Crippen LogP contribution in [0.1, 0.15) is 47.0 Å². The van der Waals surface area contributed by atoms with Crippen molar-refractivity contribution >= 4 is 7.60 Å². The Hall–Kier alpha value is -0.150. The molecule has 5 heteroatoms. The van der Waals surface area contributed by atoms with Crippen LogP contribution in [0.5, 0.6) is 0 Å². The quantitative estimate of drug-likeness (QED) is 0.609. The second-order valence-corrected chi connectivity index (χ2v) is 7.17. The first kappa shape index (κ1) is 14.9. The van der Waals surface area contributed by atoms with Crippen LogP contribution < -0.4 is 0 Å². The first-order valence-corrected chi connectivity index (χ1v) is 7.70. The van der Waals surface area contributed by atoms with Gasteiger partial charge >= 0.3 is 7.60 Å². The van der Waals surface area contributed by atoms with Gasteiger partial charge in [0.15, 0.2) is 5.34 Å². The third kappa shape index (κ3) is 3.65. The zero-order chi connectivity index (χ0) is 13.1. The van der Waals surface area contributed by atoms with Crippen LogP contribution in [-0.4, -0.2) is 22.7 Å². The summed E-state index contributed by atoms with van der Waals surface area (Å²) in [6.45, 7) is 7.14. The number of hydrogen-bond donors (Lipinski definition) is 1. The van der Waals surface area contributed by atoms with E-state index in [4.69, 9.17) is 9.05 Å². The Labute approximate surface area is 104 Å². The molecule has 0 saturated carbocycles. The zero-order valence-electron chi connectivity index (χ0n) is 11.0. The van der Waals surface area contributed by atoms with Crippen LogP contribution >= 0.6 is 7.60 Å².